The molecule has 0 aromatic rings. The van der Waals surface area contributed by atoms with Gasteiger partial charge in [0, 0.05) is 37.6 Å². The molecule has 5 nitrogen and oxygen atoms in total. The second kappa shape index (κ2) is 6.88. The van der Waals surface area contributed by atoms with Gasteiger partial charge in [0.2, 0.25) is 5.91 Å². The molecule has 1 aliphatic carbocycles. The number of nitrogens with one attached hydrogen (secondary N) is 1. The average Bonchev–Trinajstić information content (AvgIpc) is 3.38. The first-order valence-corrected chi connectivity index (χ1v) is 9.05. The molecule has 5 heteroatoms. The van der Waals surface area contributed by atoms with Gasteiger partial charge >= 0.3 is 6.03 Å². The van der Waals surface area contributed by atoms with E-state index in [9.17, 15) is 9.59 Å². The Balaban J connectivity index is 1.49. The maximum atomic E-state index is 12.8. The van der Waals surface area contributed by atoms with Crippen LogP contribution < -0.4 is 5.32 Å². The van der Waals surface area contributed by atoms with Crippen molar-refractivity contribution in [2.75, 3.05) is 19.6 Å². The fraction of sp³-hybridized carbons (Fsp3) is 0.882. The summed E-state index contributed by atoms with van der Waals surface area (Å²) in [6, 6.07) is 0.917. The number of rotatable bonds is 3. The number of nitrogens with zero attached hydrogens (tertiary/aromatic N) is 2. The molecule has 1 atom stereocenters. The lowest BCUT2D eigenvalue weighted by molar-refractivity contribution is -0.140. The molecule has 1 saturated carbocycles. The molecular weight excluding hydrogens is 278 g/mol. The van der Waals surface area contributed by atoms with Crippen molar-refractivity contribution in [1.29, 1.82) is 0 Å². The molecule has 1 N–H and O–H groups in total. The van der Waals surface area contributed by atoms with Crippen molar-refractivity contribution in [2.45, 2.75) is 70.4 Å². The Bertz CT molecular complexity index is 414. The monoisotopic (exact) mass is 307 g/mol. The molecule has 1 unspecified atom stereocenters. The number of hydrogen-bond acceptors (Lipinski definition) is 2. The molecule has 3 rings (SSSR count). The van der Waals surface area contributed by atoms with Crippen molar-refractivity contribution in [3.05, 3.63) is 0 Å². The maximum Gasteiger partial charge on any atom is 0.317 e. The van der Waals surface area contributed by atoms with Crippen LogP contribution in [0.25, 0.3) is 0 Å². The summed E-state index contributed by atoms with van der Waals surface area (Å²) in [6.07, 6.45) is 8.50. The van der Waals surface area contributed by atoms with Crippen LogP contribution in [0.15, 0.2) is 0 Å². The zero-order valence-electron chi connectivity index (χ0n) is 13.7. The predicted molar refractivity (Wildman–Crippen MR) is 85.5 cm³/mol. The fourth-order valence-electron chi connectivity index (χ4n) is 3.77. The lowest BCUT2D eigenvalue weighted by Gasteiger charge is -2.39. The molecule has 2 heterocycles. The van der Waals surface area contributed by atoms with Crippen molar-refractivity contribution < 1.29 is 9.59 Å². The summed E-state index contributed by atoms with van der Waals surface area (Å²) in [5.41, 5.74) is 0. The fourth-order valence-corrected chi connectivity index (χ4v) is 3.77. The smallest absolute Gasteiger partial charge is 0.317 e. The highest BCUT2D eigenvalue weighted by Crippen LogP contribution is 2.26. The Kier molecular flexibility index (Phi) is 4.89. The van der Waals surface area contributed by atoms with Crippen LogP contribution in [0, 0.1) is 5.92 Å². The van der Waals surface area contributed by atoms with E-state index in [1.54, 1.807) is 0 Å². The second-order valence-electron chi connectivity index (χ2n) is 7.07. The minimum atomic E-state index is 0.0674. The quantitative estimate of drug-likeness (QED) is 0.870. The van der Waals surface area contributed by atoms with E-state index in [4.69, 9.17) is 0 Å². The first-order chi connectivity index (χ1) is 10.7. The van der Waals surface area contributed by atoms with Crippen molar-refractivity contribution in [3.63, 3.8) is 0 Å². The van der Waals surface area contributed by atoms with Crippen molar-refractivity contribution in [2.24, 2.45) is 5.92 Å². The molecule has 0 bridgehead atoms. The number of carbonyl (C=O) groups excluding carboxylic acids is 2. The number of hydrogen-bond donors (Lipinski definition) is 1. The van der Waals surface area contributed by atoms with Crippen LogP contribution in [-0.2, 0) is 4.79 Å². The number of likely N-dealkylation sites (tertiary alicyclic amines) is 2. The first-order valence-electron chi connectivity index (χ1n) is 9.05. The topological polar surface area (TPSA) is 52.7 Å². The average molecular weight is 307 g/mol. The summed E-state index contributed by atoms with van der Waals surface area (Å²) >= 11 is 0. The standard InChI is InChI=1S/C17H29N3O2/c1-2-15-5-3-4-10-20(15)16(21)13-8-11-19(12-9-13)17(22)18-14-6-7-14/h13-15H,2-12H2,1H3,(H,18,22). The number of piperidine rings is 2. The van der Waals surface area contributed by atoms with Gasteiger partial charge in [0.25, 0.3) is 0 Å². The van der Waals surface area contributed by atoms with E-state index in [0.717, 1.165) is 64.6 Å². The highest BCUT2D eigenvalue weighted by atomic mass is 16.2. The molecule has 0 aromatic carbocycles. The second-order valence-corrected chi connectivity index (χ2v) is 7.07. The van der Waals surface area contributed by atoms with Gasteiger partial charge in [0.15, 0.2) is 0 Å². The highest BCUT2D eigenvalue weighted by molar-refractivity contribution is 5.80. The Morgan fingerprint density at radius 2 is 1.73 bits per heavy atom. The lowest BCUT2D eigenvalue weighted by Crippen LogP contribution is -2.50. The van der Waals surface area contributed by atoms with Gasteiger partial charge in [-0.2, -0.15) is 0 Å². The van der Waals surface area contributed by atoms with Crippen molar-refractivity contribution >= 4 is 11.9 Å². The predicted octanol–water partition coefficient (Wildman–Crippen LogP) is 2.36. The number of urea groups is 1. The normalized spacial score (nSPS) is 26.9. The molecule has 3 fully saturated rings. The van der Waals surface area contributed by atoms with Gasteiger partial charge in [0.05, 0.1) is 0 Å². The Hall–Kier alpha value is -1.26. The van der Waals surface area contributed by atoms with Crippen LogP contribution >= 0.6 is 0 Å². The largest absolute Gasteiger partial charge is 0.339 e. The van der Waals surface area contributed by atoms with Gasteiger partial charge in [0.1, 0.15) is 0 Å². The Morgan fingerprint density at radius 1 is 1.00 bits per heavy atom. The van der Waals surface area contributed by atoms with E-state index in [-0.39, 0.29) is 11.9 Å². The van der Waals surface area contributed by atoms with Crippen LogP contribution in [0.1, 0.15) is 58.3 Å². The van der Waals surface area contributed by atoms with Crippen LogP contribution in [0.5, 0.6) is 0 Å². The zero-order chi connectivity index (χ0) is 15.5. The van der Waals surface area contributed by atoms with Crippen LogP contribution in [0.3, 0.4) is 0 Å². The molecule has 2 saturated heterocycles. The zero-order valence-corrected chi connectivity index (χ0v) is 13.7. The molecule has 2 aliphatic heterocycles. The summed E-state index contributed by atoms with van der Waals surface area (Å²) in [5.74, 6) is 0.464. The summed E-state index contributed by atoms with van der Waals surface area (Å²) < 4.78 is 0. The Morgan fingerprint density at radius 3 is 2.36 bits per heavy atom. The SMILES string of the molecule is CCC1CCCCN1C(=O)C1CCN(C(=O)NC2CC2)CC1. The minimum Gasteiger partial charge on any atom is -0.339 e. The molecule has 0 radical (unpaired) electrons. The van der Waals surface area contributed by atoms with Crippen LogP contribution in [0.4, 0.5) is 4.79 Å². The summed E-state index contributed by atoms with van der Waals surface area (Å²) in [7, 11) is 0. The molecule has 124 valence electrons. The van der Waals surface area contributed by atoms with E-state index >= 15 is 0 Å². The summed E-state index contributed by atoms with van der Waals surface area (Å²) in [6.45, 7) is 4.56. The highest BCUT2D eigenvalue weighted by Gasteiger charge is 2.34. The van der Waals surface area contributed by atoms with E-state index in [1.807, 2.05) is 4.90 Å². The number of carbonyl (C=O) groups is 2. The summed E-state index contributed by atoms with van der Waals surface area (Å²) in [5, 5.41) is 3.04. The van der Waals surface area contributed by atoms with E-state index in [1.165, 1.54) is 6.42 Å². The number of amides is 3. The third-order valence-electron chi connectivity index (χ3n) is 5.42. The van der Waals surface area contributed by atoms with Crippen molar-refractivity contribution in [1.82, 2.24) is 15.1 Å². The Labute approximate surface area is 133 Å². The van der Waals surface area contributed by atoms with Gasteiger partial charge in [-0.15, -0.1) is 0 Å². The van der Waals surface area contributed by atoms with Gasteiger partial charge in [-0.05, 0) is 51.4 Å². The van der Waals surface area contributed by atoms with E-state index in [0.29, 0.717) is 18.0 Å². The van der Waals surface area contributed by atoms with Crippen molar-refractivity contribution in [3.8, 4) is 0 Å². The molecule has 3 amide bonds. The van der Waals surface area contributed by atoms with Gasteiger partial charge in [-0.25, -0.2) is 4.79 Å². The van der Waals surface area contributed by atoms with Gasteiger partial charge in [-0.3, -0.25) is 4.79 Å². The lowest BCUT2D eigenvalue weighted by atomic mass is 9.92. The molecular formula is C17H29N3O2. The van der Waals surface area contributed by atoms with Gasteiger partial charge < -0.3 is 15.1 Å². The van der Waals surface area contributed by atoms with Crippen LogP contribution in [-0.4, -0.2) is 53.5 Å². The maximum absolute atomic E-state index is 12.8. The first kappa shape index (κ1) is 15.6. The van der Waals surface area contributed by atoms with Crippen LogP contribution in [0.2, 0.25) is 0 Å². The molecule has 0 spiro atoms. The summed E-state index contributed by atoms with van der Waals surface area (Å²) in [4.78, 5) is 28.9. The minimum absolute atomic E-state index is 0.0674. The third-order valence-corrected chi connectivity index (χ3v) is 5.42. The molecule has 22 heavy (non-hydrogen) atoms. The third kappa shape index (κ3) is 3.55. The molecule has 0 aromatic heterocycles. The van der Waals surface area contributed by atoms with E-state index < -0.39 is 0 Å². The van der Waals surface area contributed by atoms with E-state index in [2.05, 4.69) is 17.1 Å². The molecule has 3 aliphatic rings. The van der Waals surface area contributed by atoms with Gasteiger partial charge in [-0.1, -0.05) is 6.92 Å².